The number of aromatic nitrogens is 6. The van der Waals surface area contributed by atoms with E-state index in [0.717, 1.165) is 0 Å². The maximum absolute atomic E-state index is 13.4. The molecule has 0 fully saturated rings. The smallest absolute Gasteiger partial charge is 0.262 e. The van der Waals surface area contributed by atoms with Crippen LogP contribution in [0.3, 0.4) is 0 Å². The summed E-state index contributed by atoms with van der Waals surface area (Å²) >= 11 is 0. The van der Waals surface area contributed by atoms with Crippen molar-refractivity contribution in [3.05, 3.63) is 81.1 Å². The molecule has 0 spiro atoms. The Morgan fingerprint density at radius 2 is 1.82 bits per heavy atom. The number of hydrogen-bond acceptors (Lipinski definition) is 5. The lowest BCUT2D eigenvalue weighted by Gasteiger charge is -2.09. The van der Waals surface area contributed by atoms with Crippen LogP contribution in [0.2, 0.25) is 0 Å². The van der Waals surface area contributed by atoms with E-state index in [1.54, 1.807) is 29.6 Å². The minimum absolute atomic E-state index is 0.0997. The molecule has 0 radical (unpaired) electrons. The van der Waals surface area contributed by atoms with Crippen LogP contribution in [-0.2, 0) is 13.6 Å². The second-order valence-corrected chi connectivity index (χ2v) is 6.47. The zero-order chi connectivity index (χ0) is 19.4. The van der Waals surface area contributed by atoms with Gasteiger partial charge in [-0.2, -0.15) is 0 Å². The second-order valence-electron chi connectivity index (χ2n) is 6.47. The first-order valence-corrected chi connectivity index (χ1v) is 8.51. The Balaban J connectivity index is 1.74. The zero-order valence-electron chi connectivity index (χ0n) is 14.7. The minimum atomic E-state index is -0.451. The Hall–Kier alpha value is -3.88. The highest BCUT2D eigenvalue weighted by Gasteiger charge is 2.15. The normalized spacial score (nSPS) is 11.6. The van der Waals surface area contributed by atoms with Crippen molar-refractivity contribution in [3.8, 4) is 0 Å². The average Bonchev–Trinajstić information content (AvgIpc) is 3.12. The fraction of sp³-hybridized carbons (Fsp3) is 0.105. The topological polar surface area (TPSA) is 87.1 Å². The third-order valence-corrected chi connectivity index (χ3v) is 4.79. The van der Waals surface area contributed by atoms with Crippen LogP contribution in [0.4, 0.5) is 4.39 Å². The third kappa shape index (κ3) is 2.26. The Labute approximate surface area is 156 Å². The summed E-state index contributed by atoms with van der Waals surface area (Å²) in [5, 5.41) is 9.14. The molecule has 3 aromatic heterocycles. The maximum Gasteiger partial charge on any atom is 0.262 e. The van der Waals surface area contributed by atoms with E-state index >= 15 is 0 Å². The highest BCUT2D eigenvalue weighted by molar-refractivity contribution is 5.80. The molecular formula is C19H13FN6O2. The minimum Gasteiger partial charge on any atom is -0.291 e. The lowest BCUT2D eigenvalue weighted by molar-refractivity contribution is 0.628. The summed E-state index contributed by atoms with van der Waals surface area (Å²) in [6.07, 6.45) is 1.36. The summed E-state index contributed by atoms with van der Waals surface area (Å²) < 4.78 is 17.9. The summed E-state index contributed by atoms with van der Waals surface area (Å²) in [5.74, 6) is 0.405. The van der Waals surface area contributed by atoms with Gasteiger partial charge in [-0.3, -0.25) is 23.1 Å². The molecular weight excluding hydrogens is 363 g/mol. The van der Waals surface area contributed by atoms with Crippen LogP contribution in [-0.4, -0.2) is 28.7 Å². The van der Waals surface area contributed by atoms with Gasteiger partial charge in [0.1, 0.15) is 5.82 Å². The molecule has 0 aliphatic rings. The fourth-order valence-corrected chi connectivity index (χ4v) is 3.39. The maximum atomic E-state index is 13.4. The van der Waals surface area contributed by atoms with Gasteiger partial charge in [0.2, 0.25) is 5.78 Å². The highest BCUT2D eigenvalue weighted by atomic mass is 19.1. The third-order valence-electron chi connectivity index (χ3n) is 4.79. The van der Waals surface area contributed by atoms with Gasteiger partial charge in [-0.05, 0) is 24.3 Å². The number of aryl methyl sites for hydroxylation is 1. The standard InChI is InChI=1S/C19H13FN6O2/c1-24-17(27)13-4-2-3-5-15(13)26-16(22-23-19(24)26)9-25-10-21-14-8-11(20)6-7-12(14)18(25)28/h2-8,10H,9H2,1H3. The lowest BCUT2D eigenvalue weighted by Crippen LogP contribution is -2.23. The first-order valence-electron chi connectivity index (χ1n) is 8.51. The van der Waals surface area contributed by atoms with Gasteiger partial charge in [0.05, 0.1) is 34.7 Å². The molecule has 0 atom stereocenters. The Kier molecular flexibility index (Phi) is 3.38. The average molecular weight is 376 g/mol. The number of nitrogens with zero attached hydrogens (tertiary/aromatic N) is 6. The summed E-state index contributed by atoms with van der Waals surface area (Å²) in [5.41, 5.74) is 0.467. The van der Waals surface area contributed by atoms with Gasteiger partial charge in [-0.25, -0.2) is 9.37 Å². The monoisotopic (exact) mass is 376 g/mol. The van der Waals surface area contributed by atoms with E-state index < -0.39 is 5.82 Å². The molecule has 0 N–H and O–H groups in total. The van der Waals surface area contributed by atoms with Crippen molar-refractivity contribution in [1.29, 1.82) is 0 Å². The number of para-hydroxylation sites is 1. The van der Waals surface area contributed by atoms with Crippen molar-refractivity contribution in [3.63, 3.8) is 0 Å². The first-order chi connectivity index (χ1) is 13.5. The van der Waals surface area contributed by atoms with Crippen LogP contribution in [0.5, 0.6) is 0 Å². The predicted octanol–water partition coefficient (Wildman–Crippen LogP) is 1.48. The molecule has 8 nitrogen and oxygen atoms in total. The molecule has 5 rings (SSSR count). The van der Waals surface area contributed by atoms with Gasteiger partial charge in [-0.1, -0.05) is 12.1 Å². The van der Waals surface area contributed by atoms with Crippen LogP contribution < -0.4 is 11.1 Å². The SMILES string of the molecule is Cn1c(=O)c2ccccc2n2c(Cn3cnc4cc(F)ccc4c3=O)nnc12. The number of hydrogen-bond donors (Lipinski definition) is 0. The molecule has 0 aliphatic carbocycles. The second kappa shape index (κ2) is 5.81. The quantitative estimate of drug-likeness (QED) is 0.466. The fourth-order valence-electron chi connectivity index (χ4n) is 3.39. The van der Waals surface area contributed by atoms with Gasteiger partial charge < -0.3 is 0 Å². The molecule has 0 saturated heterocycles. The van der Waals surface area contributed by atoms with E-state index in [1.165, 1.54) is 33.7 Å². The van der Waals surface area contributed by atoms with Crippen molar-refractivity contribution in [2.45, 2.75) is 6.54 Å². The van der Waals surface area contributed by atoms with Crippen LogP contribution in [0, 0.1) is 5.82 Å². The largest absolute Gasteiger partial charge is 0.291 e. The van der Waals surface area contributed by atoms with Crippen molar-refractivity contribution in [2.24, 2.45) is 7.05 Å². The Bertz CT molecular complexity index is 1510. The lowest BCUT2D eigenvalue weighted by atomic mass is 10.2. The molecule has 3 heterocycles. The van der Waals surface area contributed by atoms with Crippen molar-refractivity contribution >= 4 is 27.6 Å². The summed E-state index contributed by atoms with van der Waals surface area (Å²) in [7, 11) is 1.63. The molecule has 0 unspecified atom stereocenters. The zero-order valence-corrected chi connectivity index (χ0v) is 14.7. The van der Waals surface area contributed by atoms with Crippen molar-refractivity contribution in [1.82, 2.24) is 28.7 Å². The van der Waals surface area contributed by atoms with E-state index in [4.69, 9.17) is 0 Å². The van der Waals surface area contributed by atoms with Crippen LogP contribution >= 0.6 is 0 Å². The summed E-state index contributed by atoms with van der Waals surface area (Å²) in [6, 6.07) is 11.0. The number of fused-ring (bicyclic) bond motifs is 4. The molecule has 0 aliphatic heterocycles. The van der Waals surface area contributed by atoms with Crippen molar-refractivity contribution < 1.29 is 4.39 Å². The Morgan fingerprint density at radius 1 is 1.00 bits per heavy atom. The molecule has 28 heavy (non-hydrogen) atoms. The number of benzene rings is 2. The van der Waals surface area contributed by atoms with Gasteiger partial charge in [0, 0.05) is 13.1 Å². The number of rotatable bonds is 2. The van der Waals surface area contributed by atoms with E-state index in [2.05, 4.69) is 15.2 Å². The summed E-state index contributed by atoms with van der Waals surface area (Å²) in [6.45, 7) is 0.0997. The molecule has 9 heteroatoms. The first kappa shape index (κ1) is 16.3. The van der Waals surface area contributed by atoms with Crippen LogP contribution in [0.15, 0.2) is 58.4 Å². The summed E-state index contributed by atoms with van der Waals surface area (Å²) in [4.78, 5) is 29.5. The van der Waals surface area contributed by atoms with Crippen molar-refractivity contribution in [2.75, 3.05) is 0 Å². The van der Waals surface area contributed by atoms with E-state index in [9.17, 15) is 14.0 Å². The van der Waals surface area contributed by atoms with E-state index in [1.807, 2.05) is 6.07 Å². The van der Waals surface area contributed by atoms with Gasteiger partial charge >= 0.3 is 0 Å². The number of halogens is 1. The Morgan fingerprint density at radius 3 is 2.68 bits per heavy atom. The molecule has 2 aromatic carbocycles. The van der Waals surface area contributed by atoms with E-state index in [0.29, 0.717) is 33.4 Å². The van der Waals surface area contributed by atoms with E-state index in [-0.39, 0.29) is 17.7 Å². The molecule has 0 bridgehead atoms. The molecule has 138 valence electrons. The molecule has 0 amide bonds. The predicted molar refractivity (Wildman–Crippen MR) is 101 cm³/mol. The molecule has 0 saturated carbocycles. The van der Waals surface area contributed by atoms with Gasteiger partial charge in [-0.15, -0.1) is 10.2 Å². The highest BCUT2D eigenvalue weighted by Crippen LogP contribution is 2.15. The van der Waals surface area contributed by atoms with Crippen LogP contribution in [0.25, 0.3) is 27.6 Å². The molecule has 5 aromatic rings. The van der Waals surface area contributed by atoms with Gasteiger partial charge in [0.15, 0.2) is 5.82 Å². The van der Waals surface area contributed by atoms with Crippen LogP contribution in [0.1, 0.15) is 5.82 Å². The van der Waals surface area contributed by atoms with Gasteiger partial charge in [0.25, 0.3) is 11.1 Å².